The van der Waals surface area contributed by atoms with Crippen molar-refractivity contribution in [1.29, 1.82) is 0 Å². The average molecular weight is 384 g/mol. The van der Waals surface area contributed by atoms with Crippen molar-refractivity contribution >= 4 is 15.9 Å². The van der Waals surface area contributed by atoms with Crippen molar-refractivity contribution in [3.8, 4) is 0 Å². The molecular formula is C18H29N3O4S. The fourth-order valence-corrected chi connectivity index (χ4v) is 4.18. The topological polar surface area (TPSA) is 79.0 Å². The summed E-state index contributed by atoms with van der Waals surface area (Å²) < 4.78 is 27.5. The molecule has 1 aromatic rings. The third kappa shape index (κ3) is 6.05. The van der Waals surface area contributed by atoms with Crippen LogP contribution in [0.3, 0.4) is 0 Å². The van der Waals surface area contributed by atoms with E-state index in [1.54, 1.807) is 31.3 Å². The molecule has 2 rings (SSSR count). The Balaban J connectivity index is 1.82. The molecule has 0 aliphatic carbocycles. The van der Waals surface area contributed by atoms with Crippen molar-refractivity contribution in [1.82, 2.24) is 14.7 Å². The lowest BCUT2D eigenvalue weighted by Gasteiger charge is -2.32. The van der Waals surface area contributed by atoms with Gasteiger partial charge in [0.25, 0.3) is 0 Å². The number of rotatable bonds is 8. The van der Waals surface area contributed by atoms with Crippen LogP contribution in [-0.4, -0.2) is 64.6 Å². The van der Waals surface area contributed by atoms with Crippen molar-refractivity contribution in [2.75, 3.05) is 40.3 Å². The van der Waals surface area contributed by atoms with Crippen molar-refractivity contribution < 1.29 is 18.0 Å². The van der Waals surface area contributed by atoms with E-state index < -0.39 is 10.0 Å². The van der Waals surface area contributed by atoms with Gasteiger partial charge in [-0.05, 0) is 44.4 Å². The van der Waals surface area contributed by atoms with Crippen LogP contribution in [0.1, 0.15) is 24.8 Å². The number of nitrogens with one attached hydrogen (secondary N) is 1. The fourth-order valence-electron chi connectivity index (χ4n) is 3.06. The molecule has 1 N–H and O–H groups in total. The normalized spacial score (nSPS) is 18.7. The van der Waals surface area contributed by atoms with Gasteiger partial charge in [-0.25, -0.2) is 18.2 Å². The predicted octanol–water partition coefficient (Wildman–Crippen LogP) is 1.40. The van der Waals surface area contributed by atoms with Crippen LogP contribution in [0.15, 0.2) is 29.2 Å². The lowest BCUT2D eigenvalue weighted by Crippen LogP contribution is -2.42. The number of carbonyl (C=O) groups is 1. The Labute approximate surface area is 156 Å². The summed E-state index contributed by atoms with van der Waals surface area (Å²) in [5, 5.41) is 1.23. The predicted molar refractivity (Wildman–Crippen MR) is 99.9 cm³/mol. The first-order valence-corrected chi connectivity index (χ1v) is 10.4. The molecule has 0 bridgehead atoms. The number of benzene rings is 1. The molecule has 1 fully saturated rings. The maximum absolute atomic E-state index is 12.4. The third-order valence-corrected chi connectivity index (χ3v) is 6.20. The lowest BCUT2D eigenvalue weighted by atomic mass is 9.98. The minimum absolute atomic E-state index is 0.0605. The van der Waals surface area contributed by atoms with Crippen LogP contribution in [0.5, 0.6) is 0 Å². The Hall–Kier alpha value is -1.48. The Bertz CT molecular complexity index is 691. The molecular weight excluding hydrogens is 354 g/mol. The van der Waals surface area contributed by atoms with E-state index in [0.29, 0.717) is 24.4 Å². The minimum Gasteiger partial charge on any atom is -0.302 e. The standard InChI is InChI=1S/C18H29N3O4S/c1-15-6-8-17(9-7-15)26(23,24)19-13-16-5-4-11-21(14-16)12-10-18(22)20(2)25-3/h6-9,16,19H,4-5,10-14H2,1-3H3/t16-/m0/s1. The molecule has 1 heterocycles. The Kier molecular flexibility index (Phi) is 7.57. The SMILES string of the molecule is CON(C)C(=O)CCN1CCC[C@@H](CNS(=O)(=O)c2ccc(C)cc2)C1. The van der Waals surface area contributed by atoms with E-state index in [-0.39, 0.29) is 11.8 Å². The highest BCUT2D eigenvalue weighted by atomic mass is 32.2. The molecule has 26 heavy (non-hydrogen) atoms. The zero-order chi connectivity index (χ0) is 19.2. The van der Waals surface area contributed by atoms with Crippen molar-refractivity contribution in [2.24, 2.45) is 5.92 Å². The van der Waals surface area contributed by atoms with Gasteiger partial charge in [-0.3, -0.25) is 9.63 Å². The van der Waals surface area contributed by atoms with Crippen LogP contribution in [0.25, 0.3) is 0 Å². The summed E-state index contributed by atoms with van der Waals surface area (Å²) in [4.78, 5) is 19.2. The zero-order valence-corrected chi connectivity index (χ0v) is 16.6. The molecule has 1 saturated heterocycles. The van der Waals surface area contributed by atoms with E-state index in [4.69, 9.17) is 4.84 Å². The van der Waals surface area contributed by atoms with Gasteiger partial charge in [0.1, 0.15) is 0 Å². The molecule has 0 saturated carbocycles. The highest BCUT2D eigenvalue weighted by Gasteiger charge is 2.23. The monoisotopic (exact) mass is 383 g/mol. The summed E-state index contributed by atoms with van der Waals surface area (Å²) in [7, 11) is -0.414. The van der Waals surface area contributed by atoms with Crippen LogP contribution < -0.4 is 4.72 Å². The van der Waals surface area contributed by atoms with Gasteiger partial charge >= 0.3 is 0 Å². The van der Waals surface area contributed by atoms with E-state index >= 15 is 0 Å². The van der Waals surface area contributed by atoms with Gasteiger partial charge in [0.05, 0.1) is 12.0 Å². The van der Waals surface area contributed by atoms with Crippen molar-refractivity contribution in [3.63, 3.8) is 0 Å². The van der Waals surface area contributed by atoms with E-state index in [2.05, 4.69) is 9.62 Å². The minimum atomic E-state index is -3.48. The number of carbonyl (C=O) groups excluding carboxylic acids is 1. The van der Waals surface area contributed by atoms with Gasteiger partial charge in [-0.2, -0.15) is 0 Å². The van der Waals surface area contributed by atoms with Crippen molar-refractivity contribution in [2.45, 2.75) is 31.1 Å². The molecule has 0 spiro atoms. The first kappa shape index (κ1) is 20.8. The third-order valence-electron chi connectivity index (χ3n) is 4.76. The van der Waals surface area contributed by atoms with Crippen LogP contribution in [0.4, 0.5) is 0 Å². The van der Waals surface area contributed by atoms with Gasteiger partial charge in [-0.15, -0.1) is 0 Å². The molecule has 146 valence electrons. The molecule has 0 aromatic heterocycles. The molecule has 1 amide bonds. The van der Waals surface area contributed by atoms with Crippen molar-refractivity contribution in [3.05, 3.63) is 29.8 Å². The summed E-state index contributed by atoms with van der Waals surface area (Å²) in [6.45, 7) is 4.73. The summed E-state index contributed by atoms with van der Waals surface area (Å²) in [5.41, 5.74) is 1.03. The molecule has 7 nitrogen and oxygen atoms in total. The van der Waals surface area contributed by atoms with Crippen LogP contribution >= 0.6 is 0 Å². The quantitative estimate of drug-likeness (QED) is 0.687. The molecule has 8 heteroatoms. The summed E-state index contributed by atoms with van der Waals surface area (Å²) in [5.74, 6) is 0.189. The second kappa shape index (κ2) is 9.45. The van der Waals surface area contributed by atoms with Gasteiger partial charge in [0, 0.05) is 33.1 Å². The summed E-state index contributed by atoms with van der Waals surface area (Å²) >= 11 is 0. The molecule has 0 unspecified atom stereocenters. The second-order valence-corrected chi connectivity index (χ2v) is 8.56. The fraction of sp³-hybridized carbons (Fsp3) is 0.611. The second-order valence-electron chi connectivity index (χ2n) is 6.80. The van der Waals surface area contributed by atoms with Gasteiger partial charge < -0.3 is 4.90 Å². The van der Waals surface area contributed by atoms with E-state index in [1.807, 2.05) is 6.92 Å². The summed E-state index contributed by atoms with van der Waals surface area (Å²) in [6.07, 6.45) is 2.39. The molecule has 0 radical (unpaired) electrons. The van der Waals surface area contributed by atoms with Crippen LogP contribution in [0, 0.1) is 12.8 Å². The van der Waals surface area contributed by atoms with Gasteiger partial charge in [0.2, 0.25) is 15.9 Å². The summed E-state index contributed by atoms with van der Waals surface area (Å²) in [6, 6.07) is 6.85. The molecule has 1 atom stereocenters. The molecule has 1 aromatic carbocycles. The smallest absolute Gasteiger partial charge is 0.247 e. The van der Waals surface area contributed by atoms with Gasteiger partial charge in [-0.1, -0.05) is 17.7 Å². The largest absolute Gasteiger partial charge is 0.302 e. The number of amides is 1. The molecule has 1 aliphatic heterocycles. The number of hydroxylamine groups is 2. The Morgan fingerprint density at radius 1 is 1.35 bits per heavy atom. The first-order valence-electron chi connectivity index (χ1n) is 8.91. The molecule has 1 aliphatic rings. The highest BCUT2D eigenvalue weighted by molar-refractivity contribution is 7.89. The number of piperidine rings is 1. The maximum atomic E-state index is 12.4. The van der Waals surface area contributed by atoms with Crippen LogP contribution in [-0.2, 0) is 19.7 Å². The number of nitrogens with zero attached hydrogens (tertiary/aromatic N) is 2. The number of hydrogen-bond donors (Lipinski definition) is 1. The number of aryl methyl sites for hydroxylation is 1. The van der Waals surface area contributed by atoms with E-state index in [1.165, 1.54) is 12.2 Å². The Morgan fingerprint density at radius 2 is 2.04 bits per heavy atom. The Morgan fingerprint density at radius 3 is 2.69 bits per heavy atom. The first-order chi connectivity index (χ1) is 12.3. The van der Waals surface area contributed by atoms with Gasteiger partial charge in [0.15, 0.2) is 0 Å². The maximum Gasteiger partial charge on any atom is 0.247 e. The number of hydrogen-bond acceptors (Lipinski definition) is 5. The van der Waals surface area contributed by atoms with E-state index in [0.717, 1.165) is 31.5 Å². The average Bonchev–Trinajstić information content (AvgIpc) is 2.64. The van der Waals surface area contributed by atoms with E-state index in [9.17, 15) is 13.2 Å². The number of likely N-dealkylation sites (tertiary alicyclic amines) is 1. The lowest BCUT2D eigenvalue weighted by molar-refractivity contribution is -0.169. The van der Waals surface area contributed by atoms with Crippen LogP contribution in [0.2, 0.25) is 0 Å². The zero-order valence-electron chi connectivity index (χ0n) is 15.8. The number of sulfonamides is 1. The highest BCUT2D eigenvalue weighted by Crippen LogP contribution is 2.17.